The van der Waals surface area contributed by atoms with Gasteiger partial charge in [-0.25, -0.2) is 8.78 Å². The average molecular weight is 438 g/mol. The van der Waals surface area contributed by atoms with Gasteiger partial charge in [0, 0.05) is 30.2 Å². The molecule has 3 rings (SSSR count). The second-order valence-corrected chi connectivity index (χ2v) is 6.74. The lowest BCUT2D eigenvalue weighted by molar-refractivity contribution is 0.335. The van der Waals surface area contributed by atoms with Crippen LogP contribution in [-0.2, 0) is 6.54 Å². The van der Waals surface area contributed by atoms with Crippen molar-refractivity contribution in [2.24, 2.45) is 0 Å². The van der Waals surface area contributed by atoms with Crippen molar-refractivity contribution in [2.45, 2.75) is 20.4 Å². The first-order valence-corrected chi connectivity index (χ1v) is 10.1. The number of hydrogen-bond donors (Lipinski definition) is 1. The van der Waals surface area contributed by atoms with E-state index in [4.69, 9.17) is 9.47 Å². The number of halogens is 2. The number of anilines is 1. The van der Waals surface area contributed by atoms with Crippen molar-refractivity contribution < 1.29 is 18.3 Å². The largest absolute Gasteiger partial charge is 0.493 e. The van der Waals surface area contributed by atoms with Crippen LogP contribution in [0.2, 0.25) is 0 Å². The van der Waals surface area contributed by atoms with Crippen molar-refractivity contribution in [3.05, 3.63) is 107 Å². The lowest BCUT2D eigenvalue weighted by Gasteiger charge is -2.15. The molecule has 0 bridgehead atoms. The molecule has 166 valence electrons. The van der Waals surface area contributed by atoms with Gasteiger partial charge < -0.3 is 14.8 Å². The monoisotopic (exact) mass is 438 g/mol. The molecule has 3 aromatic rings. The third kappa shape index (κ3) is 5.24. The molecule has 0 unspecified atom stereocenters. The van der Waals surface area contributed by atoms with E-state index in [1.54, 1.807) is 31.3 Å². The highest BCUT2D eigenvalue weighted by Gasteiger charge is 2.13. The predicted molar refractivity (Wildman–Crippen MR) is 121 cm³/mol. The van der Waals surface area contributed by atoms with Gasteiger partial charge in [-0.2, -0.15) is 0 Å². The fourth-order valence-electron chi connectivity index (χ4n) is 3.05. The van der Waals surface area contributed by atoms with Gasteiger partial charge in [-0.1, -0.05) is 6.58 Å². The zero-order valence-electron chi connectivity index (χ0n) is 17.9. The Labute approximate surface area is 185 Å². The Kier molecular flexibility index (Phi) is 7.44. The van der Waals surface area contributed by atoms with Crippen LogP contribution in [0.15, 0.2) is 84.0 Å². The minimum atomic E-state index is -0.557. The van der Waals surface area contributed by atoms with Gasteiger partial charge in [-0.3, -0.25) is 9.36 Å². The van der Waals surface area contributed by atoms with Crippen LogP contribution in [0.25, 0.3) is 5.69 Å². The van der Waals surface area contributed by atoms with Gasteiger partial charge in [0.1, 0.15) is 17.3 Å². The minimum Gasteiger partial charge on any atom is -0.493 e. The Bertz CT molecular complexity index is 1180. The van der Waals surface area contributed by atoms with Gasteiger partial charge in [-0.05, 0) is 68.5 Å². The summed E-state index contributed by atoms with van der Waals surface area (Å²) in [5.74, 6) is -0.0160. The van der Waals surface area contributed by atoms with Crippen LogP contribution in [0.5, 0.6) is 11.5 Å². The summed E-state index contributed by atoms with van der Waals surface area (Å²) in [6, 6.07) is 11.7. The summed E-state index contributed by atoms with van der Waals surface area (Å²) in [6.07, 6.45) is 4.74. The Hall–Kier alpha value is -3.87. The van der Waals surface area contributed by atoms with Gasteiger partial charge >= 0.3 is 0 Å². The number of rotatable bonds is 9. The van der Waals surface area contributed by atoms with Crippen LogP contribution in [-0.4, -0.2) is 11.2 Å². The van der Waals surface area contributed by atoms with E-state index in [1.165, 1.54) is 47.0 Å². The standard InChI is InChI=1S/C25H24F2N2O3/c1-4-20(5-2)32-24-12-9-18(15-22(24)27)28-16-21-23(31-6-3)13-14-29(25(21)30)19-10-7-17(26)8-11-19/h4-5,7-15,28H,1,6,16H2,2-3H3. The predicted octanol–water partition coefficient (Wildman–Crippen LogP) is 5.60. The number of nitrogens with one attached hydrogen (secondary N) is 1. The summed E-state index contributed by atoms with van der Waals surface area (Å²) in [7, 11) is 0. The summed E-state index contributed by atoms with van der Waals surface area (Å²) >= 11 is 0. The molecular weight excluding hydrogens is 414 g/mol. The molecule has 0 aliphatic heterocycles. The maximum Gasteiger partial charge on any atom is 0.263 e. The molecule has 0 saturated carbocycles. The Morgan fingerprint density at radius 3 is 2.50 bits per heavy atom. The molecule has 0 atom stereocenters. The molecule has 0 radical (unpaired) electrons. The highest BCUT2D eigenvalue weighted by Crippen LogP contribution is 2.24. The number of nitrogens with zero attached hydrogens (tertiary/aromatic N) is 1. The van der Waals surface area contributed by atoms with E-state index in [0.717, 1.165) is 0 Å². The minimum absolute atomic E-state index is 0.0666. The lowest BCUT2D eigenvalue weighted by Crippen LogP contribution is -2.24. The van der Waals surface area contributed by atoms with Crippen molar-refractivity contribution in [3.8, 4) is 17.2 Å². The van der Waals surface area contributed by atoms with Crippen LogP contribution < -0.4 is 20.3 Å². The second kappa shape index (κ2) is 10.4. The first kappa shape index (κ1) is 22.8. The zero-order valence-corrected chi connectivity index (χ0v) is 17.9. The van der Waals surface area contributed by atoms with E-state index in [0.29, 0.717) is 35.1 Å². The fraction of sp³-hybridized carbons (Fsp3) is 0.160. The van der Waals surface area contributed by atoms with Crippen molar-refractivity contribution >= 4 is 5.69 Å². The highest BCUT2D eigenvalue weighted by atomic mass is 19.1. The molecule has 0 saturated heterocycles. The molecule has 1 N–H and O–H groups in total. The summed E-state index contributed by atoms with van der Waals surface area (Å²) in [5, 5.41) is 3.05. The lowest BCUT2D eigenvalue weighted by atomic mass is 10.2. The first-order valence-electron chi connectivity index (χ1n) is 10.1. The van der Waals surface area contributed by atoms with Crippen LogP contribution in [0.4, 0.5) is 14.5 Å². The second-order valence-electron chi connectivity index (χ2n) is 6.74. The van der Waals surface area contributed by atoms with Gasteiger partial charge in [0.25, 0.3) is 5.56 Å². The van der Waals surface area contributed by atoms with E-state index < -0.39 is 11.6 Å². The van der Waals surface area contributed by atoms with Crippen molar-refractivity contribution in [2.75, 3.05) is 11.9 Å². The van der Waals surface area contributed by atoms with Crippen LogP contribution in [0.1, 0.15) is 19.4 Å². The van der Waals surface area contributed by atoms with E-state index in [9.17, 15) is 13.6 Å². The van der Waals surface area contributed by atoms with E-state index in [-0.39, 0.29) is 17.9 Å². The third-order valence-corrected chi connectivity index (χ3v) is 4.67. The third-order valence-electron chi connectivity index (χ3n) is 4.67. The zero-order chi connectivity index (χ0) is 23.1. The molecule has 2 aromatic carbocycles. The van der Waals surface area contributed by atoms with Gasteiger partial charge in [0.15, 0.2) is 11.6 Å². The molecule has 7 heteroatoms. The van der Waals surface area contributed by atoms with Crippen molar-refractivity contribution in [1.82, 2.24) is 4.57 Å². The number of ether oxygens (including phenoxy) is 2. The summed E-state index contributed by atoms with van der Waals surface area (Å²) in [5.41, 5.74) is 1.03. The Balaban J connectivity index is 1.87. The van der Waals surface area contributed by atoms with Gasteiger partial charge in [0.05, 0.1) is 12.2 Å². The van der Waals surface area contributed by atoms with Gasteiger partial charge in [0.2, 0.25) is 0 Å². The molecule has 0 aliphatic carbocycles. The summed E-state index contributed by atoms with van der Waals surface area (Å²) in [4.78, 5) is 13.1. The molecule has 0 fully saturated rings. The Morgan fingerprint density at radius 1 is 1.12 bits per heavy atom. The maximum absolute atomic E-state index is 14.5. The molecule has 1 heterocycles. The Morgan fingerprint density at radius 2 is 1.88 bits per heavy atom. The SMILES string of the molecule is C=CC(=CC)Oc1ccc(NCc2c(OCC)ccn(-c3ccc(F)cc3)c2=O)cc1F. The quantitative estimate of drug-likeness (QED) is 0.349. The van der Waals surface area contributed by atoms with Crippen LogP contribution >= 0.6 is 0 Å². The number of aromatic nitrogens is 1. The fourth-order valence-corrected chi connectivity index (χ4v) is 3.05. The number of benzene rings is 2. The first-order chi connectivity index (χ1) is 15.5. The normalized spacial score (nSPS) is 11.2. The van der Waals surface area contributed by atoms with Crippen molar-refractivity contribution in [1.29, 1.82) is 0 Å². The number of hydrogen-bond acceptors (Lipinski definition) is 4. The summed E-state index contributed by atoms with van der Waals surface area (Å²) < 4.78 is 40.2. The highest BCUT2D eigenvalue weighted by molar-refractivity contribution is 5.49. The van der Waals surface area contributed by atoms with Crippen molar-refractivity contribution in [3.63, 3.8) is 0 Å². The van der Waals surface area contributed by atoms with Crippen LogP contribution in [0, 0.1) is 11.6 Å². The number of allylic oxidation sites excluding steroid dienone is 2. The topological polar surface area (TPSA) is 52.5 Å². The molecule has 5 nitrogen and oxygen atoms in total. The van der Waals surface area contributed by atoms with Gasteiger partial charge in [-0.15, -0.1) is 0 Å². The average Bonchev–Trinajstić information content (AvgIpc) is 2.79. The molecule has 0 spiro atoms. The van der Waals surface area contributed by atoms with E-state index >= 15 is 0 Å². The molecule has 0 aliphatic rings. The molecule has 0 amide bonds. The van der Waals surface area contributed by atoms with E-state index in [2.05, 4.69) is 11.9 Å². The molecular formula is C25H24F2N2O3. The molecule has 32 heavy (non-hydrogen) atoms. The smallest absolute Gasteiger partial charge is 0.263 e. The number of pyridine rings is 1. The maximum atomic E-state index is 14.5. The molecule has 1 aromatic heterocycles. The van der Waals surface area contributed by atoms with Crippen LogP contribution in [0.3, 0.4) is 0 Å². The summed E-state index contributed by atoms with van der Waals surface area (Å²) in [6.45, 7) is 7.67. The van der Waals surface area contributed by atoms with E-state index in [1.807, 2.05) is 6.92 Å².